The molecule has 0 unspecified atom stereocenters. The van der Waals surface area contributed by atoms with Crippen LogP contribution in [0.2, 0.25) is 5.02 Å². The Morgan fingerprint density at radius 3 is 2.65 bits per heavy atom. The number of aryl methyl sites for hydroxylation is 1. The molecule has 5 nitrogen and oxygen atoms in total. The summed E-state index contributed by atoms with van der Waals surface area (Å²) in [7, 11) is 0. The molecule has 0 atom stereocenters. The molecule has 90 valence electrons. The van der Waals surface area contributed by atoms with Crippen molar-refractivity contribution in [3.63, 3.8) is 0 Å². The first-order chi connectivity index (χ1) is 8.06. The third-order valence-electron chi connectivity index (χ3n) is 2.79. The molecule has 2 heterocycles. The summed E-state index contributed by atoms with van der Waals surface area (Å²) < 4.78 is 1.72. The molecule has 2 N–H and O–H groups in total. The van der Waals surface area contributed by atoms with Crippen LogP contribution in [0.25, 0.3) is 5.82 Å². The molecule has 0 spiro atoms. The lowest BCUT2D eigenvalue weighted by atomic mass is 10.1. The van der Waals surface area contributed by atoms with Crippen LogP contribution in [0.15, 0.2) is 6.33 Å². The van der Waals surface area contributed by atoms with Gasteiger partial charge in [-0.3, -0.25) is 0 Å². The second kappa shape index (κ2) is 4.33. The van der Waals surface area contributed by atoms with Crippen molar-refractivity contribution in [1.29, 1.82) is 0 Å². The van der Waals surface area contributed by atoms with Crippen molar-refractivity contribution < 1.29 is 0 Å². The Labute approximate surface area is 105 Å². The van der Waals surface area contributed by atoms with E-state index in [1.165, 1.54) is 11.9 Å². The lowest BCUT2D eigenvalue weighted by Crippen LogP contribution is -2.06. The molecule has 0 aliphatic heterocycles. The van der Waals surface area contributed by atoms with Crippen molar-refractivity contribution in [1.82, 2.24) is 19.7 Å². The molecular weight excluding hydrogens is 238 g/mol. The number of hydrogen-bond acceptors (Lipinski definition) is 4. The van der Waals surface area contributed by atoms with E-state index in [-0.39, 0.29) is 5.82 Å². The average molecular weight is 252 g/mol. The summed E-state index contributed by atoms with van der Waals surface area (Å²) in [6.07, 6.45) is 2.31. The first kappa shape index (κ1) is 11.9. The Bertz CT molecular complexity index is 561. The monoisotopic (exact) mass is 251 g/mol. The van der Waals surface area contributed by atoms with Crippen molar-refractivity contribution in [3.8, 4) is 5.82 Å². The SMILES string of the molecule is CCc1c(C)nn(-c2ncnc(N)c2Cl)c1C. The van der Waals surface area contributed by atoms with Gasteiger partial charge in [-0.05, 0) is 25.8 Å². The molecular formula is C11H14ClN5. The van der Waals surface area contributed by atoms with Gasteiger partial charge in [-0.1, -0.05) is 18.5 Å². The molecule has 0 saturated heterocycles. The Morgan fingerprint density at radius 2 is 2.06 bits per heavy atom. The molecule has 17 heavy (non-hydrogen) atoms. The Hall–Kier alpha value is -1.62. The topological polar surface area (TPSA) is 69.6 Å². The zero-order valence-electron chi connectivity index (χ0n) is 10.0. The predicted molar refractivity (Wildman–Crippen MR) is 67.4 cm³/mol. The fourth-order valence-corrected chi connectivity index (χ4v) is 2.09. The summed E-state index contributed by atoms with van der Waals surface area (Å²) in [4.78, 5) is 7.97. The average Bonchev–Trinajstić information content (AvgIpc) is 2.58. The zero-order valence-corrected chi connectivity index (χ0v) is 10.8. The van der Waals surface area contributed by atoms with E-state index in [9.17, 15) is 0 Å². The molecule has 0 fully saturated rings. The van der Waals surface area contributed by atoms with Gasteiger partial charge in [-0.25, -0.2) is 14.6 Å². The summed E-state index contributed by atoms with van der Waals surface area (Å²) in [5, 5.41) is 4.77. The fourth-order valence-electron chi connectivity index (χ4n) is 1.91. The highest BCUT2D eigenvalue weighted by Crippen LogP contribution is 2.25. The number of halogens is 1. The van der Waals surface area contributed by atoms with Crippen molar-refractivity contribution in [3.05, 3.63) is 28.3 Å². The molecule has 0 aliphatic carbocycles. The molecule has 6 heteroatoms. The minimum Gasteiger partial charge on any atom is -0.382 e. The summed E-state index contributed by atoms with van der Waals surface area (Å²) in [6, 6.07) is 0. The standard InChI is InChI=1S/C11H14ClN5/c1-4-8-6(2)16-17(7(8)3)11-9(12)10(13)14-5-15-11/h5H,4H2,1-3H3,(H2,13,14,15). The normalized spacial score (nSPS) is 10.8. The smallest absolute Gasteiger partial charge is 0.177 e. The van der Waals surface area contributed by atoms with Crippen LogP contribution >= 0.6 is 11.6 Å². The van der Waals surface area contributed by atoms with Gasteiger partial charge in [-0.2, -0.15) is 5.10 Å². The van der Waals surface area contributed by atoms with Crippen LogP contribution in [-0.2, 0) is 6.42 Å². The van der Waals surface area contributed by atoms with Crippen LogP contribution in [0, 0.1) is 13.8 Å². The van der Waals surface area contributed by atoms with Crippen LogP contribution in [0.1, 0.15) is 23.9 Å². The van der Waals surface area contributed by atoms with Gasteiger partial charge in [0.1, 0.15) is 17.2 Å². The Morgan fingerprint density at radius 1 is 1.35 bits per heavy atom. The molecule has 2 rings (SSSR count). The van der Waals surface area contributed by atoms with Crippen molar-refractivity contribution in [2.24, 2.45) is 0 Å². The molecule has 0 saturated carbocycles. The van der Waals surface area contributed by atoms with Gasteiger partial charge in [-0.15, -0.1) is 0 Å². The van der Waals surface area contributed by atoms with Gasteiger partial charge < -0.3 is 5.73 Å². The van der Waals surface area contributed by atoms with Gasteiger partial charge in [0, 0.05) is 5.69 Å². The van der Waals surface area contributed by atoms with Crippen LogP contribution in [0.5, 0.6) is 0 Å². The number of nitrogens with two attached hydrogens (primary N) is 1. The highest BCUT2D eigenvalue weighted by Gasteiger charge is 2.15. The number of nitrogen functional groups attached to an aromatic ring is 1. The van der Waals surface area contributed by atoms with Gasteiger partial charge in [0.2, 0.25) is 0 Å². The maximum atomic E-state index is 6.09. The van der Waals surface area contributed by atoms with Gasteiger partial charge in [0.15, 0.2) is 5.82 Å². The Balaban J connectivity index is 2.65. The first-order valence-electron chi connectivity index (χ1n) is 5.37. The molecule has 0 aromatic carbocycles. The largest absolute Gasteiger partial charge is 0.382 e. The highest BCUT2D eigenvalue weighted by molar-refractivity contribution is 6.34. The van der Waals surface area contributed by atoms with Crippen LogP contribution in [0.3, 0.4) is 0 Å². The number of rotatable bonds is 2. The number of anilines is 1. The van der Waals surface area contributed by atoms with Crippen LogP contribution in [0.4, 0.5) is 5.82 Å². The number of nitrogens with zero attached hydrogens (tertiary/aromatic N) is 4. The van der Waals surface area contributed by atoms with E-state index >= 15 is 0 Å². The van der Waals surface area contributed by atoms with Crippen LogP contribution < -0.4 is 5.73 Å². The molecule has 0 bridgehead atoms. The lowest BCUT2D eigenvalue weighted by Gasteiger charge is -2.06. The quantitative estimate of drug-likeness (QED) is 0.887. The van der Waals surface area contributed by atoms with Crippen LogP contribution in [-0.4, -0.2) is 19.7 Å². The van der Waals surface area contributed by atoms with Crippen molar-refractivity contribution >= 4 is 17.4 Å². The lowest BCUT2D eigenvalue weighted by molar-refractivity contribution is 0.801. The summed E-state index contributed by atoms with van der Waals surface area (Å²) >= 11 is 6.09. The summed E-state index contributed by atoms with van der Waals surface area (Å²) in [6.45, 7) is 6.06. The fraction of sp³-hybridized carbons (Fsp3) is 0.364. The maximum absolute atomic E-state index is 6.09. The van der Waals surface area contributed by atoms with Gasteiger partial charge in [0.05, 0.1) is 5.69 Å². The third-order valence-corrected chi connectivity index (χ3v) is 3.16. The molecule has 2 aromatic rings. The minimum absolute atomic E-state index is 0.266. The van der Waals surface area contributed by atoms with Gasteiger partial charge >= 0.3 is 0 Å². The van der Waals surface area contributed by atoms with Gasteiger partial charge in [0.25, 0.3) is 0 Å². The molecule has 0 aliphatic rings. The van der Waals surface area contributed by atoms with Crippen molar-refractivity contribution in [2.45, 2.75) is 27.2 Å². The maximum Gasteiger partial charge on any atom is 0.177 e. The number of aromatic nitrogens is 4. The summed E-state index contributed by atoms with van der Waals surface area (Å²) in [5.74, 6) is 0.793. The molecule has 0 radical (unpaired) electrons. The van der Waals surface area contributed by atoms with E-state index in [1.807, 2.05) is 13.8 Å². The van der Waals surface area contributed by atoms with E-state index in [0.29, 0.717) is 10.8 Å². The highest BCUT2D eigenvalue weighted by atomic mass is 35.5. The predicted octanol–water partition coefficient (Wildman–Crippen LogP) is 2.08. The second-order valence-corrected chi connectivity index (χ2v) is 4.19. The van der Waals surface area contributed by atoms with E-state index in [0.717, 1.165) is 17.8 Å². The van der Waals surface area contributed by atoms with Crippen molar-refractivity contribution in [2.75, 3.05) is 5.73 Å². The summed E-state index contributed by atoms with van der Waals surface area (Å²) in [5.41, 5.74) is 8.88. The first-order valence-corrected chi connectivity index (χ1v) is 5.75. The van der Waals surface area contributed by atoms with E-state index < -0.39 is 0 Å². The minimum atomic E-state index is 0.266. The zero-order chi connectivity index (χ0) is 12.6. The molecule has 0 amide bonds. The number of hydrogen-bond donors (Lipinski definition) is 1. The Kier molecular flexibility index (Phi) is 3.02. The van der Waals surface area contributed by atoms with E-state index in [2.05, 4.69) is 22.0 Å². The second-order valence-electron chi connectivity index (χ2n) is 3.81. The van der Waals surface area contributed by atoms with E-state index in [1.54, 1.807) is 4.68 Å². The molecule has 2 aromatic heterocycles. The third kappa shape index (κ3) is 1.86. The van der Waals surface area contributed by atoms with E-state index in [4.69, 9.17) is 17.3 Å².